The first-order valence-electron chi connectivity index (χ1n) is 9.63. The van der Waals surface area contributed by atoms with Gasteiger partial charge in [0, 0.05) is 38.8 Å². The Morgan fingerprint density at radius 1 is 1.21 bits per heavy atom. The summed E-state index contributed by atoms with van der Waals surface area (Å²) >= 11 is 0. The van der Waals surface area contributed by atoms with Crippen molar-refractivity contribution in [1.82, 2.24) is 15.5 Å². The molecule has 0 spiro atoms. The Kier molecular flexibility index (Phi) is 8.58. The van der Waals surface area contributed by atoms with Crippen molar-refractivity contribution in [2.45, 2.75) is 19.8 Å². The molecule has 2 N–H and O–H groups in total. The lowest BCUT2D eigenvalue weighted by molar-refractivity contribution is -0.149. The molecule has 1 aromatic carbocycles. The molecule has 2 rings (SSSR count). The van der Waals surface area contributed by atoms with Crippen molar-refractivity contribution in [2.24, 2.45) is 10.9 Å². The van der Waals surface area contributed by atoms with E-state index < -0.39 is 0 Å². The number of esters is 1. The molecule has 1 saturated heterocycles. The average molecular weight is 390 g/mol. The van der Waals surface area contributed by atoms with Crippen molar-refractivity contribution < 1.29 is 19.1 Å². The van der Waals surface area contributed by atoms with Gasteiger partial charge in [-0.1, -0.05) is 6.07 Å². The fraction of sp³-hybridized carbons (Fsp3) is 0.550. The van der Waals surface area contributed by atoms with Crippen LogP contribution in [0.1, 0.15) is 30.1 Å². The Morgan fingerprint density at radius 3 is 2.57 bits per heavy atom. The van der Waals surface area contributed by atoms with Crippen LogP contribution in [0, 0.1) is 5.92 Å². The van der Waals surface area contributed by atoms with Gasteiger partial charge in [0.05, 0.1) is 19.6 Å². The lowest BCUT2D eigenvalue weighted by Gasteiger charge is -2.33. The third kappa shape index (κ3) is 6.14. The number of carbonyl (C=O) groups excluding carboxylic acids is 2. The summed E-state index contributed by atoms with van der Waals surface area (Å²) in [7, 11) is 3.30. The maximum Gasteiger partial charge on any atom is 0.309 e. The number of rotatable bonds is 7. The molecule has 0 aromatic heterocycles. The van der Waals surface area contributed by atoms with E-state index in [1.165, 1.54) is 0 Å². The van der Waals surface area contributed by atoms with E-state index in [0.717, 1.165) is 31.9 Å². The number of hydrogen-bond acceptors (Lipinski definition) is 5. The quantitative estimate of drug-likeness (QED) is 0.315. The molecule has 154 valence electrons. The van der Waals surface area contributed by atoms with Gasteiger partial charge >= 0.3 is 5.97 Å². The van der Waals surface area contributed by atoms with Gasteiger partial charge in [0.1, 0.15) is 5.75 Å². The van der Waals surface area contributed by atoms with Gasteiger partial charge in [0.15, 0.2) is 5.96 Å². The Labute approximate surface area is 166 Å². The maximum atomic E-state index is 12.2. The first-order chi connectivity index (χ1) is 13.6. The molecule has 28 heavy (non-hydrogen) atoms. The number of hydrogen-bond donors (Lipinski definition) is 2. The van der Waals surface area contributed by atoms with Crippen LogP contribution in [0.25, 0.3) is 0 Å². The summed E-state index contributed by atoms with van der Waals surface area (Å²) in [6.07, 6.45) is 1.51. The molecule has 0 radical (unpaired) electrons. The smallest absolute Gasteiger partial charge is 0.309 e. The molecule has 0 atom stereocenters. The fourth-order valence-corrected chi connectivity index (χ4v) is 3.14. The molecule has 0 aliphatic carbocycles. The minimum absolute atomic E-state index is 0.0311. The van der Waals surface area contributed by atoms with Crippen molar-refractivity contribution in [3.05, 3.63) is 29.8 Å². The van der Waals surface area contributed by atoms with Gasteiger partial charge in [0.2, 0.25) is 0 Å². The van der Waals surface area contributed by atoms with Gasteiger partial charge in [-0.05, 0) is 38.0 Å². The van der Waals surface area contributed by atoms with Crippen molar-refractivity contribution >= 4 is 17.8 Å². The van der Waals surface area contributed by atoms with E-state index in [4.69, 9.17) is 9.47 Å². The van der Waals surface area contributed by atoms with Crippen LogP contribution in [0.4, 0.5) is 0 Å². The first-order valence-corrected chi connectivity index (χ1v) is 9.63. The maximum absolute atomic E-state index is 12.2. The molecule has 1 amide bonds. The van der Waals surface area contributed by atoms with E-state index in [1.54, 1.807) is 38.4 Å². The molecule has 8 nitrogen and oxygen atoms in total. The van der Waals surface area contributed by atoms with Crippen LogP contribution in [0.2, 0.25) is 0 Å². The molecule has 0 bridgehead atoms. The molecular weight excluding hydrogens is 360 g/mol. The second kappa shape index (κ2) is 11.2. The molecule has 1 aliphatic heterocycles. The largest absolute Gasteiger partial charge is 0.497 e. The first kappa shape index (κ1) is 21.5. The standard InChI is InChI=1S/C20H30N4O4/c1-4-28-19(26)15-8-12-24(13-9-15)20(21-2)23-11-10-22-18(25)16-6-5-7-17(14-16)27-3/h5-7,14-15H,4,8-13H2,1-3H3,(H,21,23)(H,22,25). The van der Waals surface area contributed by atoms with Crippen molar-refractivity contribution in [3.63, 3.8) is 0 Å². The van der Waals surface area contributed by atoms with Crippen molar-refractivity contribution in [1.29, 1.82) is 0 Å². The van der Waals surface area contributed by atoms with E-state index in [9.17, 15) is 9.59 Å². The second-order valence-electron chi connectivity index (χ2n) is 6.48. The number of methoxy groups -OCH3 is 1. The van der Waals surface area contributed by atoms with Crippen LogP contribution in [-0.4, -0.2) is 69.7 Å². The normalized spacial score (nSPS) is 15.1. The molecule has 1 aliphatic rings. The van der Waals surface area contributed by atoms with E-state index >= 15 is 0 Å². The number of benzene rings is 1. The number of nitrogens with zero attached hydrogens (tertiary/aromatic N) is 2. The second-order valence-corrected chi connectivity index (χ2v) is 6.48. The number of carbonyl (C=O) groups is 2. The van der Waals surface area contributed by atoms with Crippen LogP contribution < -0.4 is 15.4 Å². The van der Waals surface area contributed by atoms with Crippen LogP contribution >= 0.6 is 0 Å². The number of aliphatic imine (C=N–C) groups is 1. The molecule has 1 heterocycles. The lowest BCUT2D eigenvalue weighted by atomic mass is 9.97. The van der Waals surface area contributed by atoms with Gasteiger partial charge in [-0.25, -0.2) is 0 Å². The van der Waals surface area contributed by atoms with Gasteiger partial charge in [-0.3, -0.25) is 14.6 Å². The highest BCUT2D eigenvalue weighted by Crippen LogP contribution is 2.18. The third-order valence-corrected chi connectivity index (χ3v) is 4.65. The van der Waals surface area contributed by atoms with E-state index in [1.807, 2.05) is 6.92 Å². The highest BCUT2D eigenvalue weighted by molar-refractivity contribution is 5.94. The molecule has 8 heteroatoms. The van der Waals surface area contributed by atoms with Crippen LogP contribution in [-0.2, 0) is 9.53 Å². The predicted molar refractivity (Wildman–Crippen MR) is 108 cm³/mol. The number of amides is 1. The topological polar surface area (TPSA) is 92.3 Å². The van der Waals surface area contributed by atoms with Gasteiger partial charge in [-0.2, -0.15) is 0 Å². The number of guanidine groups is 1. The van der Waals surface area contributed by atoms with Gasteiger partial charge in [-0.15, -0.1) is 0 Å². The summed E-state index contributed by atoms with van der Waals surface area (Å²) in [6, 6.07) is 7.04. The molecule has 1 aromatic rings. The predicted octanol–water partition coefficient (Wildman–Crippen LogP) is 1.28. The highest BCUT2D eigenvalue weighted by atomic mass is 16.5. The molecular formula is C20H30N4O4. The number of likely N-dealkylation sites (tertiary alicyclic amines) is 1. The van der Waals surface area contributed by atoms with Crippen LogP contribution in [0.15, 0.2) is 29.3 Å². The third-order valence-electron chi connectivity index (χ3n) is 4.65. The number of nitrogens with one attached hydrogen (secondary N) is 2. The zero-order chi connectivity index (χ0) is 20.4. The minimum Gasteiger partial charge on any atom is -0.497 e. The summed E-state index contributed by atoms with van der Waals surface area (Å²) < 4.78 is 10.2. The van der Waals surface area contributed by atoms with E-state index in [-0.39, 0.29) is 17.8 Å². The summed E-state index contributed by atoms with van der Waals surface area (Å²) in [4.78, 5) is 30.5. The number of piperidine rings is 1. The molecule has 0 unspecified atom stereocenters. The van der Waals surface area contributed by atoms with Crippen LogP contribution in [0.5, 0.6) is 5.75 Å². The van der Waals surface area contributed by atoms with Crippen LogP contribution in [0.3, 0.4) is 0 Å². The zero-order valence-electron chi connectivity index (χ0n) is 16.9. The summed E-state index contributed by atoms with van der Waals surface area (Å²) in [5, 5.41) is 6.14. The lowest BCUT2D eigenvalue weighted by Crippen LogP contribution is -2.48. The minimum atomic E-state index is -0.147. The van der Waals surface area contributed by atoms with Crippen molar-refractivity contribution in [3.8, 4) is 5.75 Å². The Balaban J connectivity index is 1.73. The Hall–Kier alpha value is -2.77. The SMILES string of the molecule is CCOC(=O)C1CCN(C(=NC)NCCNC(=O)c2cccc(OC)c2)CC1. The van der Waals surface area contributed by atoms with Gasteiger partial charge in [0.25, 0.3) is 5.91 Å². The summed E-state index contributed by atoms with van der Waals surface area (Å²) in [5.41, 5.74) is 0.560. The summed E-state index contributed by atoms with van der Waals surface area (Å²) in [5.74, 6) is 1.14. The molecule has 1 fully saturated rings. The monoisotopic (exact) mass is 390 g/mol. The van der Waals surface area contributed by atoms with Gasteiger partial charge < -0.3 is 25.0 Å². The Morgan fingerprint density at radius 2 is 1.93 bits per heavy atom. The van der Waals surface area contributed by atoms with E-state index in [0.29, 0.717) is 31.0 Å². The molecule has 0 saturated carbocycles. The highest BCUT2D eigenvalue weighted by Gasteiger charge is 2.27. The zero-order valence-corrected chi connectivity index (χ0v) is 16.9. The van der Waals surface area contributed by atoms with E-state index in [2.05, 4.69) is 20.5 Å². The number of ether oxygens (including phenoxy) is 2. The Bertz CT molecular complexity index is 685. The summed E-state index contributed by atoms with van der Waals surface area (Å²) in [6.45, 7) is 4.77. The fourth-order valence-electron chi connectivity index (χ4n) is 3.14. The van der Waals surface area contributed by atoms with Crippen molar-refractivity contribution in [2.75, 3.05) is 46.9 Å². The average Bonchev–Trinajstić information content (AvgIpc) is 2.74.